The lowest BCUT2D eigenvalue weighted by Gasteiger charge is -2.05. The van der Waals surface area contributed by atoms with Gasteiger partial charge in [0.15, 0.2) is 9.84 Å². The largest absolute Gasteiger partial charge is 0.497 e. The molecule has 0 radical (unpaired) electrons. The van der Waals surface area contributed by atoms with E-state index in [0.717, 1.165) is 22.1 Å². The Morgan fingerprint density at radius 3 is 2.76 bits per heavy atom. The lowest BCUT2D eigenvalue weighted by atomic mass is 10.1. The van der Waals surface area contributed by atoms with Crippen LogP contribution in [0.5, 0.6) is 5.75 Å². The van der Waals surface area contributed by atoms with Crippen molar-refractivity contribution < 1.29 is 17.9 Å². The molecule has 0 aliphatic carbocycles. The first-order valence-electron chi connectivity index (χ1n) is 8.05. The van der Waals surface area contributed by atoms with Gasteiger partial charge in [-0.25, -0.2) is 13.8 Å². The van der Waals surface area contributed by atoms with E-state index in [4.69, 9.17) is 4.74 Å². The topological polar surface area (TPSA) is 84.8 Å². The van der Waals surface area contributed by atoms with E-state index in [1.54, 1.807) is 13.3 Å². The molecule has 2 aromatic carbocycles. The highest BCUT2D eigenvalue weighted by Gasteiger charge is 2.29. The molecule has 1 aliphatic rings. The number of nitrogens with zero attached hydrogens (tertiary/aromatic N) is 1. The smallest absolute Gasteiger partial charge is 0.240 e. The zero-order chi connectivity index (χ0) is 17.9. The highest BCUT2D eigenvalue weighted by Crippen LogP contribution is 2.22. The third-order valence-corrected chi connectivity index (χ3v) is 6.11. The zero-order valence-electron chi connectivity index (χ0n) is 13.9. The number of sulfone groups is 1. The average molecular weight is 360 g/mol. The number of methoxy groups -OCH3 is 1. The number of ether oxygens (including phenoxy) is 1. The van der Waals surface area contributed by atoms with Crippen LogP contribution in [0.25, 0.3) is 10.8 Å². The molecule has 0 spiro atoms. The summed E-state index contributed by atoms with van der Waals surface area (Å²) < 4.78 is 28.0. The van der Waals surface area contributed by atoms with Crippen molar-refractivity contribution in [3.63, 3.8) is 0 Å². The molecule has 25 heavy (non-hydrogen) atoms. The summed E-state index contributed by atoms with van der Waals surface area (Å²) in [5, 5.41) is 6.07. The second-order valence-electron chi connectivity index (χ2n) is 6.24. The second kappa shape index (κ2) is 7.23. The van der Waals surface area contributed by atoms with Crippen LogP contribution in [-0.2, 0) is 14.6 Å². The monoisotopic (exact) mass is 360 g/mol. The average Bonchev–Trinajstić information content (AvgIpc) is 2.92. The van der Waals surface area contributed by atoms with Crippen molar-refractivity contribution in [3.05, 3.63) is 42.0 Å². The van der Waals surface area contributed by atoms with E-state index >= 15 is 0 Å². The number of carbonyl (C=O) groups is 1. The number of amides is 1. The molecule has 1 atom stereocenters. The Kier molecular flexibility index (Phi) is 5.03. The molecule has 1 N–H and O–H groups in total. The van der Waals surface area contributed by atoms with Crippen molar-refractivity contribution in [2.75, 3.05) is 18.6 Å². The maximum atomic E-state index is 11.8. The minimum atomic E-state index is -2.96. The molecule has 0 aromatic heterocycles. The van der Waals surface area contributed by atoms with E-state index in [0.29, 0.717) is 6.42 Å². The van der Waals surface area contributed by atoms with Crippen LogP contribution in [0.2, 0.25) is 0 Å². The first-order chi connectivity index (χ1) is 11.9. The molecule has 7 heteroatoms. The summed E-state index contributed by atoms with van der Waals surface area (Å²) in [4.78, 5) is 11.8. The zero-order valence-corrected chi connectivity index (χ0v) is 14.8. The Labute approximate surface area is 146 Å². The van der Waals surface area contributed by atoms with Crippen LogP contribution in [0, 0.1) is 5.92 Å². The minimum absolute atomic E-state index is 0.0955. The molecule has 0 unspecified atom stereocenters. The van der Waals surface area contributed by atoms with Gasteiger partial charge in [-0.15, -0.1) is 0 Å². The lowest BCUT2D eigenvalue weighted by Crippen LogP contribution is -2.21. The van der Waals surface area contributed by atoms with Crippen molar-refractivity contribution in [2.24, 2.45) is 11.0 Å². The fourth-order valence-electron chi connectivity index (χ4n) is 2.97. The van der Waals surface area contributed by atoms with Gasteiger partial charge in [-0.3, -0.25) is 4.79 Å². The molecule has 0 saturated carbocycles. The molecule has 2 aromatic rings. The van der Waals surface area contributed by atoms with Gasteiger partial charge >= 0.3 is 0 Å². The molecule has 3 rings (SSSR count). The number of fused-ring (bicyclic) bond motifs is 1. The van der Waals surface area contributed by atoms with Gasteiger partial charge in [0.1, 0.15) is 5.75 Å². The highest BCUT2D eigenvalue weighted by atomic mass is 32.2. The van der Waals surface area contributed by atoms with Gasteiger partial charge in [-0.1, -0.05) is 18.2 Å². The van der Waals surface area contributed by atoms with Crippen molar-refractivity contribution in [3.8, 4) is 5.75 Å². The summed E-state index contributed by atoms with van der Waals surface area (Å²) in [6, 6.07) is 11.6. The Balaban J connectivity index is 1.58. The van der Waals surface area contributed by atoms with E-state index < -0.39 is 9.84 Å². The standard InChI is InChI=1S/C18H20N2O4S/c1-24-17-5-4-15-8-13(2-3-16(15)10-17)11-19-20-18(21)9-14-6-7-25(22,23)12-14/h2-5,8,10-11,14H,6-7,9,12H2,1H3,(H,20,21)/b19-11-/t14-/m0/s1. The summed E-state index contributed by atoms with van der Waals surface area (Å²) in [6.07, 6.45) is 2.31. The van der Waals surface area contributed by atoms with Gasteiger partial charge < -0.3 is 4.74 Å². The van der Waals surface area contributed by atoms with Crippen LogP contribution in [0.3, 0.4) is 0 Å². The first-order valence-corrected chi connectivity index (χ1v) is 9.87. The number of benzene rings is 2. The molecular formula is C18H20N2O4S. The molecule has 1 saturated heterocycles. The fraction of sp³-hybridized carbons (Fsp3) is 0.333. The van der Waals surface area contributed by atoms with E-state index in [9.17, 15) is 13.2 Å². The quantitative estimate of drug-likeness (QED) is 0.654. The Hall–Kier alpha value is -2.41. The molecular weight excluding hydrogens is 340 g/mol. The first kappa shape index (κ1) is 17.4. The summed E-state index contributed by atoms with van der Waals surface area (Å²) in [7, 11) is -1.33. The summed E-state index contributed by atoms with van der Waals surface area (Å²) in [5.74, 6) is 0.712. The van der Waals surface area contributed by atoms with Crippen LogP contribution in [0.1, 0.15) is 18.4 Å². The molecule has 1 fully saturated rings. The van der Waals surface area contributed by atoms with Gasteiger partial charge in [-0.05, 0) is 46.9 Å². The number of hydrogen-bond acceptors (Lipinski definition) is 5. The number of rotatable bonds is 5. The van der Waals surface area contributed by atoms with E-state index in [1.807, 2.05) is 36.4 Å². The summed E-state index contributed by atoms with van der Waals surface area (Å²) in [5.41, 5.74) is 3.33. The van der Waals surface area contributed by atoms with E-state index in [1.165, 1.54) is 0 Å². The number of carbonyl (C=O) groups excluding carboxylic acids is 1. The lowest BCUT2D eigenvalue weighted by molar-refractivity contribution is -0.121. The summed E-state index contributed by atoms with van der Waals surface area (Å²) in [6.45, 7) is 0. The molecule has 1 heterocycles. The van der Waals surface area contributed by atoms with Gasteiger partial charge in [0.05, 0.1) is 24.8 Å². The highest BCUT2D eigenvalue weighted by molar-refractivity contribution is 7.91. The third kappa shape index (κ3) is 4.57. The van der Waals surface area contributed by atoms with E-state index in [2.05, 4.69) is 10.5 Å². The van der Waals surface area contributed by atoms with Crippen LogP contribution >= 0.6 is 0 Å². The van der Waals surface area contributed by atoms with Crippen molar-refractivity contribution >= 4 is 32.7 Å². The van der Waals surface area contributed by atoms with Gasteiger partial charge in [-0.2, -0.15) is 5.10 Å². The van der Waals surface area contributed by atoms with Gasteiger partial charge in [0.2, 0.25) is 5.91 Å². The molecule has 132 valence electrons. The normalized spacial score (nSPS) is 19.3. The number of hydrogen-bond donors (Lipinski definition) is 1. The molecule has 1 amide bonds. The Morgan fingerprint density at radius 2 is 2.04 bits per heavy atom. The predicted molar refractivity (Wildman–Crippen MR) is 97.6 cm³/mol. The molecule has 1 aliphatic heterocycles. The Bertz CT molecular complexity index is 922. The maximum absolute atomic E-state index is 11.8. The van der Waals surface area contributed by atoms with Crippen molar-refractivity contribution in [2.45, 2.75) is 12.8 Å². The second-order valence-corrected chi connectivity index (χ2v) is 8.47. The third-order valence-electron chi connectivity index (χ3n) is 4.28. The predicted octanol–water partition coefficient (Wildman–Crippen LogP) is 2.12. The summed E-state index contributed by atoms with van der Waals surface area (Å²) >= 11 is 0. The number of nitrogens with one attached hydrogen (secondary N) is 1. The SMILES string of the molecule is COc1ccc2cc(/C=N\NC(=O)C[C@@H]3CCS(=O)(=O)C3)ccc2c1. The van der Waals surface area contributed by atoms with Gasteiger partial charge in [0.25, 0.3) is 0 Å². The van der Waals surface area contributed by atoms with Gasteiger partial charge in [0, 0.05) is 6.42 Å². The molecule has 0 bridgehead atoms. The van der Waals surface area contributed by atoms with Crippen molar-refractivity contribution in [1.29, 1.82) is 0 Å². The van der Waals surface area contributed by atoms with Crippen LogP contribution in [0.4, 0.5) is 0 Å². The number of hydrazone groups is 1. The van der Waals surface area contributed by atoms with E-state index in [-0.39, 0.29) is 29.8 Å². The van der Waals surface area contributed by atoms with Crippen LogP contribution in [-0.4, -0.2) is 39.2 Å². The van der Waals surface area contributed by atoms with Crippen molar-refractivity contribution in [1.82, 2.24) is 5.43 Å². The molecule has 6 nitrogen and oxygen atoms in total. The maximum Gasteiger partial charge on any atom is 0.240 e. The Morgan fingerprint density at radius 1 is 1.28 bits per heavy atom. The van der Waals surface area contributed by atoms with Crippen LogP contribution < -0.4 is 10.2 Å². The van der Waals surface area contributed by atoms with Crippen LogP contribution in [0.15, 0.2) is 41.5 Å². The minimum Gasteiger partial charge on any atom is -0.497 e. The fourth-order valence-corrected chi connectivity index (χ4v) is 4.83.